The Morgan fingerprint density at radius 2 is 1.80 bits per heavy atom. The maximum Gasteiger partial charge on any atom is 0.326 e. The summed E-state index contributed by atoms with van der Waals surface area (Å²) in [6, 6.07) is 6.50. The van der Waals surface area contributed by atoms with E-state index in [0.29, 0.717) is 17.9 Å². The van der Waals surface area contributed by atoms with Gasteiger partial charge in [0.25, 0.3) is 5.91 Å². The van der Waals surface area contributed by atoms with Crippen molar-refractivity contribution in [2.45, 2.75) is 63.3 Å². The van der Waals surface area contributed by atoms with Crippen molar-refractivity contribution in [2.24, 2.45) is 5.92 Å². The van der Waals surface area contributed by atoms with Gasteiger partial charge in [-0.15, -0.1) is 0 Å². The Labute approximate surface area is 146 Å². The number of hydrogen-bond acceptors (Lipinski definition) is 4. The van der Waals surface area contributed by atoms with E-state index in [1.807, 2.05) is 12.1 Å². The van der Waals surface area contributed by atoms with E-state index in [-0.39, 0.29) is 17.9 Å². The Morgan fingerprint density at radius 3 is 2.52 bits per heavy atom. The number of rotatable bonds is 2. The molecule has 5 unspecified atom stereocenters. The number of carbonyl (C=O) groups excluding carboxylic acids is 1. The number of para-hydroxylation sites is 2. The van der Waals surface area contributed by atoms with E-state index in [2.05, 4.69) is 0 Å². The van der Waals surface area contributed by atoms with Crippen LogP contribution < -0.4 is 9.47 Å². The molecule has 1 saturated heterocycles. The Hall–Kier alpha value is -2.24. The zero-order valence-corrected chi connectivity index (χ0v) is 14.3. The Kier molecular flexibility index (Phi) is 4.06. The normalized spacial score (nSPS) is 33.6. The van der Waals surface area contributed by atoms with Crippen LogP contribution in [0, 0.1) is 5.92 Å². The first-order valence-electron chi connectivity index (χ1n) is 9.03. The SMILES string of the molecule is CC1Oc2ccccc2OC1C(=O)N1C(C(=O)O)CC2CCCCC21. The lowest BCUT2D eigenvalue weighted by Crippen LogP contribution is -2.56. The third-order valence-corrected chi connectivity index (χ3v) is 5.71. The standard InChI is InChI=1S/C19H23NO5/c1-11-17(25-16-9-5-4-8-15(16)24-11)18(21)20-13-7-3-2-6-12(13)10-14(20)19(22)23/h4-5,8-9,11-14,17H,2-3,6-7,10H2,1H3,(H,22,23). The van der Waals surface area contributed by atoms with Gasteiger partial charge in [0.1, 0.15) is 12.1 Å². The summed E-state index contributed by atoms with van der Waals surface area (Å²) in [5.74, 6) is 0.248. The molecule has 0 bridgehead atoms. The number of amides is 1. The van der Waals surface area contributed by atoms with Crippen LogP contribution in [0.15, 0.2) is 24.3 Å². The molecule has 1 N–H and O–H groups in total. The molecule has 2 fully saturated rings. The van der Waals surface area contributed by atoms with E-state index in [9.17, 15) is 14.7 Å². The van der Waals surface area contributed by atoms with E-state index < -0.39 is 24.2 Å². The predicted octanol–water partition coefficient (Wildman–Crippen LogP) is 2.46. The molecule has 0 spiro atoms. The largest absolute Gasteiger partial charge is 0.482 e. The molecule has 1 saturated carbocycles. The number of likely N-dealkylation sites (tertiary alicyclic amines) is 1. The van der Waals surface area contributed by atoms with Crippen molar-refractivity contribution in [2.75, 3.05) is 0 Å². The average Bonchev–Trinajstić information content (AvgIpc) is 3.00. The van der Waals surface area contributed by atoms with Crippen molar-refractivity contribution in [1.82, 2.24) is 4.90 Å². The first-order valence-corrected chi connectivity index (χ1v) is 9.03. The van der Waals surface area contributed by atoms with Crippen LogP contribution in [0.25, 0.3) is 0 Å². The van der Waals surface area contributed by atoms with Crippen molar-refractivity contribution >= 4 is 11.9 Å². The molecule has 1 amide bonds. The van der Waals surface area contributed by atoms with Crippen molar-refractivity contribution in [3.63, 3.8) is 0 Å². The van der Waals surface area contributed by atoms with Crippen LogP contribution in [0.2, 0.25) is 0 Å². The van der Waals surface area contributed by atoms with Gasteiger partial charge in [0.05, 0.1) is 0 Å². The maximum atomic E-state index is 13.2. The molecule has 0 radical (unpaired) electrons. The van der Waals surface area contributed by atoms with Gasteiger partial charge in [-0.3, -0.25) is 4.79 Å². The fourth-order valence-corrected chi connectivity index (χ4v) is 4.54. The summed E-state index contributed by atoms with van der Waals surface area (Å²) in [6.45, 7) is 1.79. The number of aliphatic carboxylic acids is 1. The first kappa shape index (κ1) is 16.2. The van der Waals surface area contributed by atoms with Gasteiger partial charge in [-0.2, -0.15) is 0 Å². The first-order chi connectivity index (χ1) is 12.1. The zero-order valence-electron chi connectivity index (χ0n) is 14.3. The summed E-state index contributed by atoms with van der Waals surface area (Å²) in [5.41, 5.74) is 0. The van der Waals surface area contributed by atoms with Gasteiger partial charge in [-0.05, 0) is 44.2 Å². The molecule has 25 heavy (non-hydrogen) atoms. The number of nitrogens with zero attached hydrogens (tertiary/aromatic N) is 1. The molecule has 1 aliphatic carbocycles. The molecule has 6 nitrogen and oxygen atoms in total. The lowest BCUT2D eigenvalue weighted by molar-refractivity contribution is -0.156. The van der Waals surface area contributed by atoms with E-state index in [1.165, 1.54) is 0 Å². The minimum absolute atomic E-state index is 0.00956. The highest BCUT2D eigenvalue weighted by molar-refractivity contribution is 5.88. The topological polar surface area (TPSA) is 76.1 Å². The monoisotopic (exact) mass is 345 g/mol. The summed E-state index contributed by atoms with van der Waals surface area (Å²) in [7, 11) is 0. The highest BCUT2D eigenvalue weighted by atomic mass is 16.6. The minimum atomic E-state index is -0.924. The summed E-state index contributed by atoms with van der Waals surface area (Å²) >= 11 is 0. The van der Waals surface area contributed by atoms with Crippen LogP contribution >= 0.6 is 0 Å². The van der Waals surface area contributed by atoms with Crippen molar-refractivity contribution < 1.29 is 24.2 Å². The number of carboxylic acid groups (broad SMARTS) is 1. The number of carbonyl (C=O) groups is 2. The fourth-order valence-electron chi connectivity index (χ4n) is 4.54. The summed E-state index contributed by atoms with van der Waals surface area (Å²) in [4.78, 5) is 26.6. The molecule has 1 aromatic carbocycles. The highest BCUT2D eigenvalue weighted by Crippen LogP contribution is 2.41. The van der Waals surface area contributed by atoms with Gasteiger partial charge in [0.2, 0.25) is 6.10 Å². The quantitative estimate of drug-likeness (QED) is 0.891. The molecule has 2 heterocycles. The number of hydrogen-bond donors (Lipinski definition) is 1. The third kappa shape index (κ3) is 2.73. The van der Waals surface area contributed by atoms with Crippen molar-refractivity contribution in [3.8, 4) is 11.5 Å². The summed E-state index contributed by atoms with van der Waals surface area (Å²) in [6.07, 6.45) is 3.30. The molecule has 5 atom stereocenters. The average molecular weight is 345 g/mol. The summed E-state index contributed by atoms with van der Waals surface area (Å²) < 4.78 is 11.8. The Bertz CT molecular complexity index is 690. The molecule has 4 rings (SSSR count). The second-order valence-corrected chi connectivity index (χ2v) is 7.26. The molecule has 3 aliphatic rings. The van der Waals surface area contributed by atoms with Gasteiger partial charge in [-0.1, -0.05) is 25.0 Å². The maximum absolute atomic E-state index is 13.2. The van der Waals surface area contributed by atoms with Crippen molar-refractivity contribution in [1.29, 1.82) is 0 Å². The molecule has 134 valence electrons. The van der Waals surface area contributed by atoms with Crippen LogP contribution in [-0.2, 0) is 9.59 Å². The van der Waals surface area contributed by atoms with Crippen LogP contribution in [0.1, 0.15) is 39.0 Å². The Morgan fingerprint density at radius 1 is 1.12 bits per heavy atom. The number of ether oxygens (including phenoxy) is 2. The molecule has 0 aromatic heterocycles. The van der Waals surface area contributed by atoms with Gasteiger partial charge in [0.15, 0.2) is 11.5 Å². The zero-order chi connectivity index (χ0) is 17.6. The smallest absolute Gasteiger partial charge is 0.326 e. The lowest BCUT2D eigenvalue weighted by atomic mass is 9.84. The van der Waals surface area contributed by atoms with Gasteiger partial charge in [0, 0.05) is 6.04 Å². The van der Waals surface area contributed by atoms with E-state index in [1.54, 1.807) is 24.0 Å². The van der Waals surface area contributed by atoms with Crippen molar-refractivity contribution in [3.05, 3.63) is 24.3 Å². The van der Waals surface area contributed by atoms with Gasteiger partial charge < -0.3 is 19.5 Å². The second-order valence-electron chi connectivity index (χ2n) is 7.26. The van der Waals surface area contributed by atoms with Gasteiger partial charge in [-0.25, -0.2) is 4.79 Å². The van der Waals surface area contributed by atoms with Gasteiger partial charge >= 0.3 is 5.97 Å². The van der Waals surface area contributed by atoms with Crippen LogP contribution in [0.4, 0.5) is 0 Å². The molecular weight excluding hydrogens is 322 g/mol. The fraction of sp³-hybridized carbons (Fsp3) is 0.579. The third-order valence-electron chi connectivity index (χ3n) is 5.71. The highest BCUT2D eigenvalue weighted by Gasteiger charge is 2.51. The molecule has 6 heteroatoms. The second kappa shape index (κ2) is 6.24. The van der Waals surface area contributed by atoms with E-state index in [0.717, 1.165) is 25.7 Å². The molecule has 1 aromatic rings. The predicted molar refractivity (Wildman–Crippen MR) is 89.6 cm³/mol. The van der Waals surface area contributed by atoms with E-state index in [4.69, 9.17) is 9.47 Å². The number of fused-ring (bicyclic) bond motifs is 2. The number of benzene rings is 1. The Balaban J connectivity index is 1.61. The minimum Gasteiger partial charge on any atom is -0.482 e. The van der Waals surface area contributed by atoms with E-state index >= 15 is 0 Å². The van der Waals surface area contributed by atoms with Crippen LogP contribution in [0.3, 0.4) is 0 Å². The van der Waals surface area contributed by atoms with Crippen LogP contribution in [0.5, 0.6) is 11.5 Å². The number of carboxylic acids is 1. The summed E-state index contributed by atoms with van der Waals surface area (Å²) in [5, 5.41) is 9.64. The molecule has 2 aliphatic heterocycles. The molecular formula is C19H23NO5. The van der Waals surface area contributed by atoms with Crippen LogP contribution in [-0.4, -0.2) is 46.2 Å². The lowest BCUT2D eigenvalue weighted by Gasteiger charge is -2.38.